The van der Waals surface area contributed by atoms with Crippen LogP contribution in [0.2, 0.25) is 0 Å². The van der Waals surface area contributed by atoms with Gasteiger partial charge >= 0.3 is 5.97 Å². The average molecular weight is 160 g/mol. The molecule has 0 rings (SSSR count). The van der Waals surface area contributed by atoms with Gasteiger partial charge in [-0.25, -0.2) is 4.79 Å². The SMILES string of the molecule is CC(OCC(C)(C)C)C(=O)O. The number of aliphatic carboxylic acids is 1. The monoisotopic (exact) mass is 160 g/mol. The predicted octanol–water partition coefficient (Wildman–Crippen LogP) is 1.52. The van der Waals surface area contributed by atoms with Crippen LogP contribution in [0.1, 0.15) is 27.7 Å². The van der Waals surface area contributed by atoms with Gasteiger partial charge in [-0.15, -0.1) is 0 Å². The summed E-state index contributed by atoms with van der Waals surface area (Å²) >= 11 is 0. The highest BCUT2D eigenvalue weighted by atomic mass is 16.5. The Balaban J connectivity index is 3.63. The van der Waals surface area contributed by atoms with Crippen LogP contribution in [0.15, 0.2) is 0 Å². The van der Waals surface area contributed by atoms with Crippen molar-refractivity contribution in [2.24, 2.45) is 5.41 Å². The highest BCUT2D eigenvalue weighted by Crippen LogP contribution is 2.13. The predicted molar refractivity (Wildman–Crippen MR) is 42.5 cm³/mol. The van der Waals surface area contributed by atoms with Crippen molar-refractivity contribution in [3.63, 3.8) is 0 Å². The van der Waals surface area contributed by atoms with E-state index in [0.717, 1.165) is 0 Å². The molecule has 0 spiro atoms. The summed E-state index contributed by atoms with van der Waals surface area (Å²) in [5.74, 6) is -0.908. The van der Waals surface area contributed by atoms with Crippen molar-refractivity contribution in [1.29, 1.82) is 0 Å². The molecule has 0 aromatic rings. The second-order valence-electron chi connectivity index (χ2n) is 3.85. The van der Waals surface area contributed by atoms with E-state index in [9.17, 15) is 4.79 Å². The van der Waals surface area contributed by atoms with Crippen LogP contribution in [0.25, 0.3) is 0 Å². The molecule has 0 fully saturated rings. The Morgan fingerprint density at radius 3 is 2.27 bits per heavy atom. The first kappa shape index (κ1) is 10.4. The average Bonchev–Trinajstić information content (AvgIpc) is 1.80. The zero-order chi connectivity index (χ0) is 9.07. The van der Waals surface area contributed by atoms with Crippen LogP contribution in [0, 0.1) is 5.41 Å². The molecule has 1 N–H and O–H groups in total. The van der Waals surface area contributed by atoms with E-state index >= 15 is 0 Å². The van der Waals surface area contributed by atoms with Gasteiger partial charge in [-0.05, 0) is 12.3 Å². The number of rotatable bonds is 3. The second kappa shape index (κ2) is 3.72. The summed E-state index contributed by atoms with van der Waals surface area (Å²) in [6.45, 7) is 8.01. The van der Waals surface area contributed by atoms with Crippen LogP contribution >= 0.6 is 0 Å². The normalized spacial score (nSPS) is 14.5. The van der Waals surface area contributed by atoms with Crippen molar-refractivity contribution < 1.29 is 14.6 Å². The fraction of sp³-hybridized carbons (Fsp3) is 0.875. The van der Waals surface area contributed by atoms with Crippen LogP contribution in [0.4, 0.5) is 0 Å². The minimum absolute atomic E-state index is 0.0315. The molecule has 66 valence electrons. The van der Waals surface area contributed by atoms with Crippen LogP contribution in [-0.2, 0) is 9.53 Å². The van der Waals surface area contributed by atoms with E-state index in [2.05, 4.69) is 0 Å². The molecule has 0 radical (unpaired) electrons. The second-order valence-corrected chi connectivity index (χ2v) is 3.85. The summed E-state index contributed by atoms with van der Waals surface area (Å²) in [5.41, 5.74) is 0.0315. The van der Waals surface area contributed by atoms with Gasteiger partial charge in [-0.1, -0.05) is 20.8 Å². The fourth-order valence-corrected chi connectivity index (χ4v) is 0.446. The molecule has 0 saturated carbocycles. The lowest BCUT2D eigenvalue weighted by Crippen LogP contribution is -2.25. The molecule has 0 bridgehead atoms. The van der Waals surface area contributed by atoms with Crippen LogP contribution in [0.5, 0.6) is 0 Å². The van der Waals surface area contributed by atoms with E-state index in [-0.39, 0.29) is 5.41 Å². The molecule has 0 aliphatic carbocycles. The Morgan fingerprint density at radius 1 is 1.55 bits per heavy atom. The lowest BCUT2D eigenvalue weighted by molar-refractivity contribution is -0.150. The first-order chi connectivity index (χ1) is 4.83. The molecule has 0 aliphatic rings. The van der Waals surface area contributed by atoms with E-state index < -0.39 is 12.1 Å². The minimum Gasteiger partial charge on any atom is -0.479 e. The molecule has 3 nitrogen and oxygen atoms in total. The summed E-state index contributed by atoms with van der Waals surface area (Å²) in [5, 5.41) is 8.45. The van der Waals surface area contributed by atoms with E-state index in [1.54, 1.807) is 0 Å². The summed E-state index contributed by atoms with van der Waals surface area (Å²) in [6.07, 6.45) is -0.700. The van der Waals surface area contributed by atoms with Gasteiger partial charge in [0, 0.05) is 0 Å². The van der Waals surface area contributed by atoms with Gasteiger partial charge in [0.2, 0.25) is 0 Å². The van der Waals surface area contributed by atoms with Gasteiger partial charge < -0.3 is 9.84 Å². The molecular weight excluding hydrogens is 144 g/mol. The molecule has 0 amide bonds. The topological polar surface area (TPSA) is 46.5 Å². The van der Waals surface area contributed by atoms with Gasteiger partial charge in [0.05, 0.1) is 6.61 Å². The molecule has 0 heterocycles. The first-order valence-electron chi connectivity index (χ1n) is 3.67. The molecule has 11 heavy (non-hydrogen) atoms. The highest BCUT2D eigenvalue weighted by molar-refractivity contribution is 5.71. The molecule has 1 unspecified atom stereocenters. The Labute approximate surface area is 67.4 Å². The molecule has 0 saturated heterocycles. The lowest BCUT2D eigenvalue weighted by Gasteiger charge is -2.19. The van der Waals surface area contributed by atoms with Crippen molar-refractivity contribution in [1.82, 2.24) is 0 Å². The van der Waals surface area contributed by atoms with Gasteiger partial charge in [-0.2, -0.15) is 0 Å². The number of carboxylic acids is 1. The number of hydrogen-bond donors (Lipinski definition) is 1. The van der Waals surface area contributed by atoms with Crippen molar-refractivity contribution >= 4 is 5.97 Å². The number of carboxylic acid groups (broad SMARTS) is 1. The largest absolute Gasteiger partial charge is 0.479 e. The van der Waals surface area contributed by atoms with E-state index in [1.807, 2.05) is 20.8 Å². The summed E-state index contributed by atoms with van der Waals surface area (Å²) in [4.78, 5) is 10.3. The minimum atomic E-state index is -0.908. The van der Waals surface area contributed by atoms with Crippen molar-refractivity contribution in [3.05, 3.63) is 0 Å². The maximum absolute atomic E-state index is 10.3. The van der Waals surface area contributed by atoms with Crippen molar-refractivity contribution in [2.45, 2.75) is 33.8 Å². The summed E-state index contributed by atoms with van der Waals surface area (Å²) < 4.78 is 5.07. The molecule has 0 aromatic heterocycles. The third-order valence-electron chi connectivity index (χ3n) is 1.11. The standard InChI is InChI=1S/C8H16O3/c1-6(7(9)10)11-5-8(2,3)4/h6H,5H2,1-4H3,(H,9,10). The maximum atomic E-state index is 10.3. The van der Waals surface area contributed by atoms with Gasteiger partial charge in [-0.3, -0.25) is 0 Å². The van der Waals surface area contributed by atoms with Gasteiger partial charge in [0.15, 0.2) is 6.10 Å². The van der Waals surface area contributed by atoms with E-state index in [0.29, 0.717) is 6.61 Å². The quantitative estimate of drug-likeness (QED) is 0.681. The van der Waals surface area contributed by atoms with Crippen molar-refractivity contribution in [2.75, 3.05) is 6.61 Å². The zero-order valence-electron chi connectivity index (χ0n) is 7.55. The Hall–Kier alpha value is -0.570. The smallest absolute Gasteiger partial charge is 0.332 e. The molecule has 1 atom stereocenters. The number of ether oxygens (including phenoxy) is 1. The Bertz CT molecular complexity index is 135. The third-order valence-corrected chi connectivity index (χ3v) is 1.11. The van der Waals surface area contributed by atoms with Crippen LogP contribution in [0.3, 0.4) is 0 Å². The Morgan fingerprint density at radius 2 is 2.00 bits per heavy atom. The van der Waals surface area contributed by atoms with Crippen molar-refractivity contribution in [3.8, 4) is 0 Å². The number of carbonyl (C=O) groups is 1. The summed E-state index contributed by atoms with van der Waals surface area (Å²) in [7, 11) is 0. The zero-order valence-corrected chi connectivity index (χ0v) is 7.55. The fourth-order valence-electron chi connectivity index (χ4n) is 0.446. The van der Waals surface area contributed by atoms with Crippen LogP contribution in [-0.4, -0.2) is 23.8 Å². The molecule has 0 aliphatic heterocycles. The summed E-state index contributed by atoms with van der Waals surface area (Å²) in [6, 6.07) is 0. The maximum Gasteiger partial charge on any atom is 0.332 e. The van der Waals surface area contributed by atoms with E-state index in [1.165, 1.54) is 6.92 Å². The third kappa shape index (κ3) is 5.85. The number of hydrogen-bond acceptors (Lipinski definition) is 2. The molecular formula is C8H16O3. The lowest BCUT2D eigenvalue weighted by atomic mass is 9.99. The van der Waals surface area contributed by atoms with E-state index in [4.69, 9.17) is 9.84 Å². The highest BCUT2D eigenvalue weighted by Gasteiger charge is 2.16. The van der Waals surface area contributed by atoms with Gasteiger partial charge in [0.25, 0.3) is 0 Å². The molecule has 0 aromatic carbocycles. The van der Waals surface area contributed by atoms with Gasteiger partial charge in [0.1, 0.15) is 0 Å². The van der Waals surface area contributed by atoms with Crippen LogP contribution < -0.4 is 0 Å². The Kier molecular flexibility index (Phi) is 3.52. The molecule has 3 heteroatoms. The first-order valence-corrected chi connectivity index (χ1v) is 3.67.